The van der Waals surface area contributed by atoms with E-state index in [2.05, 4.69) is 33.2 Å². The molecule has 0 radical (unpaired) electrons. The maximum absolute atomic E-state index is 6.12. The summed E-state index contributed by atoms with van der Waals surface area (Å²) >= 11 is 15.5. The van der Waals surface area contributed by atoms with E-state index in [4.69, 9.17) is 27.9 Å². The van der Waals surface area contributed by atoms with Crippen molar-refractivity contribution in [2.24, 2.45) is 0 Å². The largest absolute Gasteiger partial charge is 0.486 e. The second-order valence-corrected chi connectivity index (χ2v) is 6.05. The fourth-order valence-corrected chi connectivity index (χ4v) is 2.57. The Morgan fingerprint density at radius 2 is 1.95 bits per heavy atom. The molecule has 0 saturated heterocycles. The summed E-state index contributed by atoms with van der Waals surface area (Å²) in [7, 11) is 0. The van der Waals surface area contributed by atoms with Crippen LogP contribution in [0, 0.1) is 0 Å². The van der Waals surface area contributed by atoms with Gasteiger partial charge in [-0.25, -0.2) is 0 Å². The fourth-order valence-electron chi connectivity index (χ4n) is 1.73. The van der Waals surface area contributed by atoms with Gasteiger partial charge in [-0.05, 0) is 40.7 Å². The van der Waals surface area contributed by atoms with E-state index < -0.39 is 0 Å². The summed E-state index contributed by atoms with van der Waals surface area (Å²) in [6.45, 7) is 4.06. The van der Waals surface area contributed by atoms with Crippen LogP contribution in [0.4, 0.5) is 0 Å². The minimum Gasteiger partial charge on any atom is -0.486 e. The van der Waals surface area contributed by atoms with Crippen LogP contribution in [0.15, 0.2) is 34.8 Å². The second kappa shape index (κ2) is 7.99. The van der Waals surface area contributed by atoms with Gasteiger partial charge in [-0.15, -0.1) is 0 Å². The van der Waals surface area contributed by atoms with Gasteiger partial charge in [0, 0.05) is 17.1 Å². The summed E-state index contributed by atoms with van der Waals surface area (Å²) in [5.41, 5.74) is 1.83. The molecule has 21 heavy (non-hydrogen) atoms. The van der Waals surface area contributed by atoms with Gasteiger partial charge in [0.2, 0.25) is 0 Å². The molecule has 3 nitrogen and oxygen atoms in total. The molecule has 0 aliphatic rings. The zero-order chi connectivity index (χ0) is 15.2. The van der Waals surface area contributed by atoms with Crippen LogP contribution < -0.4 is 10.1 Å². The highest BCUT2D eigenvalue weighted by atomic mass is 79.9. The van der Waals surface area contributed by atoms with Gasteiger partial charge in [0.25, 0.3) is 0 Å². The maximum Gasteiger partial charge on any atom is 0.140 e. The molecule has 2 aromatic rings. The van der Waals surface area contributed by atoms with E-state index in [1.807, 2.05) is 18.2 Å². The van der Waals surface area contributed by atoms with Crippen LogP contribution in [0.5, 0.6) is 5.75 Å². The zero-order valence-electron chi connectivity index (χ0n) is 11.5. The lowest BCUT2D eigenvalue weighted by molar-refractivity contribution is 0.301. The molecule has 0 amide bonds. The van der Waals surface area contributed by atoms with E-state index in [1.54, 1.807) is 12.1 Å². The number of nitrogens with one attached hydrogen (secondary N) is 1. The number of hydrogen-bond acceptors (Lipinski definition) is 3. The Labute approximate surface area is 142 Å². The highest BCUT2D eigenvalue weighted by Crippen LogP contribution is 2.34. The van der Waals surface area contributed by atoms with Gasteiger partial charge in [0.15, 0.2) is 0 Å². The third kappa shape index (κ3) is 4.85. The Hall–Kier alpha value is -0.810. The summed E-state index contributed by atoms with van der Waals surface area (Å²) in [5, 5.41) is 4.31. The molecule has 112 valence electrons. The molecule has 0 fully saturated rings. The fraction of sp³-hybridized carbons (Fsp3) is 0.267. The van der Waals surface area contributed by atoms with Crippen molar-refractivity contribution in [3.8, 4) is 5.75 Å². The van der Waals surface area contributed by atoms with E-state index >= 15 is 0 Å². The van der Waals surface area contributed by atoms with Gasteiger partial charge >= 0.3 is 0 Å². The van der Waals surface area contributed by atoms with Crippen molar-refractivity contribution in [1.29, 1.82) is 0 Å². The second-order valence-electron chi connectivity index (χ2n) is 4.39. The molecule has 0 aliphatic heterocycles. The van der Waals surface area contributed by atoms with E-state index in [0.29, 0.717) is 22.4 Å². The van der Waals surface area contributed by atoms with Crippen LogP contribution in [0.3, 0.4) is 0 Å². The van der Waals surface area contributed by atoms with Gasteiger partial charge < -0.3 is 10.1 Å². The smallest absolute Gasteiger partial charge is 0.140 e. The lowest BCUT2D eigenvalue weighted by atomic mass is 10.3. The van der Waals surface area contributed by atoms with Crippen molar-refractivity contribution in [3.63, 3.8) is 0 Å². The monoisotopic (exact) mass is 388 g/mol. The molecule has 0 unspecified atom stereocenters. The van der Waals surface area contributed by atoms with Crippen LogP contribution in [-0.4, -0.2) is 11.5 Å². The first-order valence-corrected chi connectivity index (χ1v) is 8.08. The van der Waals surface area contributed by atoms with Gasteiger partial charge in [0.1, 0.15) is 12.4 Å². The number of rotatable bonds is 6. The van der Waals surface area contributed by atoms with E-state index in [0.717, 1.165) is 29.0 Å². The van der Waals surface area contributed by atoms with E-state index in [1.165, 1.54) is 0 Å². The molecule has 0 bridgehead atoms. The molecule has 6 heteroatoms. The Bertz CT molecular complexity index is 623. The number of halogens is 3. The predicted molar refractivity (Wildman–Crippen MR) is 90.1 cm³/mol. The van der Waals surface area contributed by atoms with Crippen LogP contribution in [0.1, 0.15) is 18.3 Å². The predicted octanol–water partition coefficient (Wildman–Crippen LogP) is 4.84. The van der Waals surface area contributed by atoms with Crippen LogP contribution in [0.2, 0.25) is 10.0 Å². The van der Waals surface area contributed by atoms with Crippen LogP contribution in [-0.2, 0) is 13.2 Å². The Kier molecular flexibility index (Phi) is 6.30. The number of ether oxygens (including phenoxy) is 1. The summed E-state index contributed by atoms with van der Waals surface area (Å²) in [4.78, 5) is 4.52. The molecular weight excluding hydrogens is 375 g/mol. The van der Waals surface area contributed by atoms with Crippen molar-refractivity contribution in [1.82, 2.24) is 10.3 Å². The van der Waals surface area contributed by atoms with E-state index in [9.17, 15) is 0 Å². The standard InChI is InChI=1S/C15H15BrCl2N2O/c1-2-19-8-10-4-3-5-11(20-10)9-21-15-7-13(17)12(16)6-14(15)18/h3-7,19H,2,8-9H2,1H3. The molecular formula is C15H15BrCl2N2O. The summed E-state index contributed by atoms with van der Waals surface area (Å²) in [6.07, 6.45) is 0. The topological polar surface area (TPSA) is 34.1 Å². The van der Waals surface area contributed by atoms with Crippen molar-refractivity contribution < 1.29 is 4.74 Å². The van der Waals surface area contributed by atoms with Crippen molar-refractivity contribution in [2.75, 3.05) is 6.54 Å². The minimum absolute atomic E-state index is 0.345. The third-order valence-electron chi connectivity index (χ3n) is 2.77. The van der Waals surface area contributed by atoms with Gasteiger partial charge in [-0.2, -0.15) is 0 Å². The Balaban J connectivity index is 2.04. The molecule has 1 N–H and O–H groups in total. The Morgan fingerprint density at radius 3 is 2.71 bits per heavy atom. The maximum atomic E-state index is 6.12. The first-order valence-electron chi connectivity index (χ1n) is 6.53. The van der Waals surface area contributed by atoms with Crippen LogP contribution in [0.25, 0.3) is 0 Å². The summed E-state index contributed by atoms with van der Waals surface area (Å²) < 4.78 is 6.44. The number of aromatic nitrogens is 1. The number of benzene rings is 1. The van der Waals surface area contributed by atoms with Gasteiger partial charge in [-0.1, -0.05) is 36.2 Å². The van der Waals surface area contributed by atoms with Gasteiger partial charge in [0.05, 0.1) is 21.4 Å². The zero-order valence-corrected chi connectivity index (χ0v) is 14.6. The first kappa shape index (κ1) is 16.6. The average Bonchev–Trinajstić information content (AvgIpc) is 2.48. The average molecular weight is 390 g/mol. The third-order valence-corrected chi connectivity index (χ3v) is 4.26. The molecule has 1 aromatic carbocycles. The minimum atomic E-state index is 0.345. The molecule has 0 aliphatic carbocycles. The van der Waals surface area contributed by atoms with Crippen molar-refractivity contribution in [3.05, 3.63) is 56.2 Å². The molecule has 0 atom stereocenters. The normalized spacial score (nSPS) is 10.7. The van der Waals surface area contributed by atoms with Gasteiger partial charge in [-0.3, -0.25) is 4.98 Å². The lowest BCUT2D eigenvalue weighted by Crippen LogP contribution is -2.13. The summed E-state index contributed by atoms with van der Waals surface area (Å²) in [5.74, 6) is 0.545. The van der Waals surface area contributed by atoms with E-state index in [-0.39, 0.29) is 0 Å². The summed E-state index contributed by atoms with van der Waals surface area (Å²) in [6, 6.07) is 9.28. The molecule has 1 heterocycles. The number of hydrogen-bond donors (Lipinski definition) is 1. The molecule has 2 rings (SSSR count). The highest BCUT2D eigenvalue weighted by Gasteiger charge is 2.07. The lowest BCUT2D eigenvalue weighted by Gasteiger charge is -2.10. The number of nitrogens with zero attached hydrogens (tertiary/aromatic N) is 1. The molecule has 0 spiro atoms. The van der Waals surface area contributed by atoms with Crippen molar-refractivity contribution in [2.45, 2.75) is 20.1 Å². The van der Waals surface area contributed by atoms with Crippen LogP contribution >= 0.6 is 39.1 Å². The molecule has 1 aromatic heterocycles. The molecule has 0 saturated carbocycles. The first-order chi connectivity index (χ1) is 10.1. The Morgan fingerprint density at radius 1 is 1.19 bits per heavy atom. The SMILES string of the molecule is CCNCc1cccc(COc2cc(Cl)c(Br)cc2Cl)n1. The van der Waals surface area contributed by atoms with Crippen molar-refractivity contribution >= 4 is 39.1 Å². The highest BCUT2D eigenvalue weighted by molar-refractivity contribution is 9.10. The quantitative estimate of drug-likeness (QED) is 0.717. The number of pyridine rings is 1.